The molecule has 0 saturated carbocycles. The quantitative estimate of drug-likeness (QED) is 0.442. The number of rotatable bonds is 6. The number of carbonyl (C=O) groups is 1. The van der Waals surface area contributed by atoms with Crippen LogP contribution >= 0.6 is 11.3 Å². The number of ketones is 1. The van der Waals surface area contributed by atoms with E-state index in [0.29, 0.717) is 28.4 Å². The molecule has 0 aliphatic carbocycles. The van der Waals surface area contributed by atoms with Crippen molar-refractivity contribution in [1.29, 1.82) is 0 Å². The highest BCUT2D eigenvalue weighted by molar-refractivity contribution is 7.17. The maximum absolute atomic E-state index is 12.9. The van der Waals surface area contributed by atoms with Crippen LogP contribution in [0.2, 0.25) is 0 Å². The molecule has 26 heavy (non-hydrogen) atoms. The Kier molecular flexibility index (Phi) is 5.28. The smallest absolute Gasteiger partial charge is 0.203 e. The van der Waals surface area contributed by atoms with Gasteiger partial charge in [0.2, 0.25) is 5.75 Å². The van der Waals surface area contributed by atoms with Crippen LogP contribution in [-0.4, -0.2) is 27.1 Å². The predicted molar refractivity (Wildman–Crippen MR) is 106 cm³/mol. The first-order chi connectivity index (χ1) is 12.6. The summed E-state index contributed by atoms with van der Waals surface area (Å²) in [6, 6.07) is 11.5. The highest BCUT2D eigenvalue weighted by atomic mass is 32.1. The molecule has 0 spiro atoms. The van der Waals surface area contributed by atoms with Gasteiger partial charge in [-0.1, -0.05) is 18.2 Å². The third-order valence-electron chi connectivity index (χ3n) is 4.17. The Balaban J connectivity index is 2.00. The number of allylic oxidation sites excluding steroid dienone is 1. The molecule has 0 radical (unpaired) electrons. The molecule has 2 aromatic carbocycles. The van der Waals surface area contributed by atoms with E-state index in [1.165, 1.54) is 26.0 Å². The molecule has 0 aliphatic rings. The van der Waals surface area contributed by atoms with Crippen LogP contribution in [0.25, 0.3) is 16.2 Å². The van der Waals surface area contributed by atoms with E-state index >= 15 is 0 Å². The summed E-state index contributed by atoms with van der Waals surface area (Å²) >= 11 is 1.67. The Morgan fingerprint density at radius 1 is 1.00 bits per heavy atom. The van der Waals surface area contributed by atoms with Crippen LogP contribution in [0.4, 0.5) is 0 Å². The van der Waals surface area contributed by atoms with E-state index in [2.05, 4.69) is 17.5 Å². The van der Waals surface area contributed by atoms with E-state index in [0.717, 1.165) is 10.9 Å². The third kappa shape index (κ3) is 3.30. The van der Waals surface area contributed by atoms with Gasteiger partial charge in [-0.25, -0.2) is 0 Å². The minimum atomic E-state index is -0.0838. The zero-order chi connectivity index (χ0) is 18.7. The molecule has 4 nitrogen and oxygen atoms in total. The SMILES string of the molecule is COc1cc(C(=O)/C(C)=C/c2csc3ccccc23)cc(OC)c1OC. The molecule has 0 N–H and O–H groups in total. The molecule has 0 unspecified atom stereocenters. The summed E-state index contributed by atoms with van der Waals surface area (Å²) in [7, 11) is 4.60. The van der Waals surface area contributed by atoms with E-state index in [9.17, 15) is 4.79 Å². The molecule has 1 heterocycles. The molecule has 3 aromatic rings. The second-order valence-corrected chi connectivity index (χ2v) is 6.67. The Bertz CT molecular complexity index is 960. The van der Waals surface area contributed by atoms with Crippen LogP contribution in [0.5, 0.6) is 17.2 Å². The largest absolute Gasteiger partial charge is 0.493 e. The van der Waals surface area contributed by atoms with Gasteiger partial charge in [-0.2, -0.15) is 0 Å². The van der Waals surface area contributed by atoms with Gasteiger partial charge in [0.05, 0.1) is 21.3 Å². The molecular formula is C21H20O4S. The number of ether oxygens (including phenoxy) is 3. The van der Waals surface area contributed by atoms with Crippen molar-refractivity contribution in [2.24, 2.45) is 0 Å². The Labute approximate surface area is 156 Å². The molecular weight excluding hydrogens is 348 g/mol. The summed E-state index contributed by atoms with van der Waals surface area (Å²) in [4.78, 5) is 12.9. The highest BCUT2D eigenvalue weighted by Crippen LogP contribution is 2.39. The molecule has 0 saturated heterocycles. The Hall–Kier alpha value is -2.79. The molecule has 0 amide bonds. The van der Waals surface area contributed by atoms with Crippen molar-refractivity contribution in [3.05, 3.63) is 58.5 Å². The van der Waals surface area contributed by atoms with E-state index in [1.807, 2.05) is 25.1 Å². The van der Waals surface area contributed by atoms with Gasteiger partial charge < -0.3 is 14.2 Å². The average Bonchev–Trinajstić information content (AvgIpc) is 3.09. The van der Waals surface area contributed by atoms with Crippen LogP contribution in [-0.2, 0) is 0 Å². The summed E-state index contributed by atoms with van der Waals surface area (Å²) in [5.41, 5.74) is 2.18. The number of Topliss-reactive ketones (excluding diaryl/α,β-unsaturated/α-hetero) is 1. The fraction of sp³-hybridized carbons (Fsp3) is 0.190. The number of methoxy groups -OCH3 is 3. The lowest BCUT2D eigenvalue weighted by molar-refractivity contribution is 0.103. The summed E-state index contributed by atoms with van der Waals surface area (Å²) in [6.07, 6.45) is 1.92. The Morgan fingerprint density at radius 2 is 1.65 bits per heavy atom. The molecule has 0 bridgehead atoms. The zero-order valence-corrected chi connectivity index (χ0v) is 16.0. The van der Waals surface area contributed by atoms with Crippen molar-refractivity contribution in [3.8, 4) is 17.2 Å². The molecule has 0 atom stereocenters. The van der Waals surface area contributed by atoms with E-state index in [4.69, 9.17) is 14.2 Å². The van der Waals surface area contributed by atoms with Gasteiger partial charge in [-0.3, -0.25) is 4.79 Å². The van der Waals surface area contributed by atoms with Crippen molar-refractivity contribution >= 4 is 33.3 Å². The van der Waals surface area contributed by atoms with E-state index in [-0.39, 0.29) is 5.78 Å². The lowest BCUT2D eigenvalue weighted by Gasteiger charge is -2.13. The number of thiophene rings is 1. The normalized spacial score (nSPS) is 11.5. The van der Waals surface area contributed by atoms with E-state index < -0.39 is 0 Å². The van der Waals surface area contributed by atoms with Crippen LogP contribution in [0, 0.1) is 0 Å². The number of hydrogen-bond acceptors (Lipinski definition) is 5. The molecule has 1 aromatic heterocycles. The third-order valence-corrected chi connectivity index (χ3v) is 5.15. The first-order valence-corrected chi connectivity index (χ1v) is 8.96. The monoisotopic (exact) mass is 368 g/mol. The molecule has 134 valence electrons. The van der Waals surface area contributed by atoms with E-state index in [1.54, 1.807) is 23.5 Å². The van der Waals surface area contributed by atoms with Crippen molar-refractivity contribution in [3.63, 3.8) is 0 Å². The second-order valence-electron chi connectivity index (χ2n) is 5.76. The fourth-order valence-electron chi connectivity index (χ4n) is 2.85. The van der Waals surface area contributed by atoms with Gasteiger partial charge in [0, 0.05) is 10.3 Å². The summed E-state index contributed by atoms with van der Waals surface area (Å²) in [5, 5.41) is 3.21. The summed E-state index contributed by atoms with van der Waals surface area (Å²) in [6.45, 7) is 1.82. The lowest BCUT2D eigenvalue weighted by Crippen LogP contribution is -2.03. The van der Waals surface area contributed by atoms with Gasteiger partial charge in [0.15, 0.2) is 17.3 Å². The minimum Gasteiger partial charge on any atom is -0.493 e. The summed E-state index contributed by atoms with van der Waals surface area (Å²) in [5.74, 6) is 1.31. The first-order valence-electron chi connectivity index (χ1n) is 8.08. The average molecular weight is 368 g/mol. The number of fused-ring (bicyclic) bond motifs is 1. The van der Waals surface area contributed by atoms with Crippen LogP contribution in [0.3, 0.4) is 0 Å². The van der Waals surface area contributed by atoms with Crippen molar-refractivity contribution in [1.82, 2.24) is 0 Å². The second kappa shape index (κ2) is 7.62. The van der Waals surface area contributed by atoms with Gasteiger partial charge in [0.25, 0.3) is 0 Å². The van der Waals surface area contributed by atoms with Gasteiger partial charge in [-0.05, 0) is 53.1 Å². The minimum absolute atomic E-state index is 0.0838. The Morgan fingerprint density at radius 3 is 2.27 bits per heavy atom. The predicted octanol–water partition coefficient (Wildman–Crippen LogP) is 5.21. The number of hydrogen-bond donors (Lipinski definition) is 0. The van der Waals surface area contributed by atoms with Gasteiger partial charge in [-0.15, -0.1) is 11.3 Å². The molecule has 0 fully saturated rings. The van der Waals surface area contributed by atoms with Crippen LogP contribution in [0.15, 0.2) is 47.4 Å². The maximum atomic E-state index is 12.9. The molecule has 0 aliphatic heterocycles. The standard InChI is InChI=1S/C21H20O4S/c1-13(9-15-12-26-19-8-6-5-7-16(15)19)20(22)14-10-17(23-2)21(25-4)18(11-14)24-3/h5-12H,1-4H3/b13-9+. The van der Waals surface area contributed by atoms with Gasteiger partial charge in [0.1, 0.15) is 0 Å². The summed E-state index contributed by atoms with van der Waals surface area (Å²) < 4.78 is 17.2. The number of benzene rings is 2. The van der Waals surface area contributed by atoms with Crippen LogP contribution in [0.1, 0.15) is 22.8 Å². The zero-order valence-electron chi connectivity index (χ0n) is 15.2. The highest BCUT2D eigenvalue weighted by Gasteiger charge is 2.18. The molecule has 3 rings (SSSR count). The van der Waals surface area contributed by atoms with Gasteiger partial charge >= 0.3 is 0 Å². The number of carbonyl (C=O) groups excluding carboxylic acids is 1. The van der Waals surface area contributed by atoms with Crippen molar-refractivity contribution in [2.45, 2.75) is 6.92 Å². The maximum Gasteiger partial charge on any atom is 0.203 e. The topological polar surface area (TPSA) is 44.8 Å². The van der Waals surface area contributed by atoms with Crippen molar-refractivity contribution in [2.75, 3.05) is 21.3 Å². The molecule has 5 heteroatoms. The van der Waals surface area contributed by atoms with Crippen molar-refractivity contribution < 1.29 is 19.0 Å². The van der Waals surface area contributed by atoms with Crippen LogP contribution < -0.4 is 14.2 Å². The lowest BCUT2D eigenvalue weighted by atomic mass is 10.0. The first kappa shape index (κ1) is 18.0. The fourth-order valence-corrected chi connectivity index (χ4v) is 3.77.